The van der Waals surface area contributed by atoms with Crippen molar-refractivity contribution in [2.75, 3.05) is 14.2 Å². The second kappa shape index (κ2) is 8.39. The maximum absolute atomic E-state index is 11.7. The van der Waals surface area contributed by atoms with Gasteiger partial charge in [0, 0.05) is 17.1 Å². The van der Waals surface area contributed by atoms with Crippen molar-refractivity contribution in [3.8, 4) is 5.75 Å². The number of benzene rings is 2. The Kier molecular flexibility index (Phi) is 6.23. The first-order valence-corrected chi connectivity index (χ1v) is 7.87. The Bertz CT molecular complexity index is 699. The topological polar surface area (TPSA) is 47.6 Å². The van der Waals surface area contributed by atoms with Crippen LogP contribution in [0.2, 0.25) is 0 Å². The zero-order valence-electron chi connectivity index (χ0n) is 13.0. The first-order chi connectivity index (χ1) is 11.1. The first kappa shape index (κ1) is 17.1. The highest BCUT2D eigenvalue weighted by atomic mass is 79.9. The number of hydrogen-bond donors (Lipinski definition) is 1. The average molecular weight is 376 g/mol. The van der Waals surface area contributed by atoms with E-state index in [1.54, 1.807) is 13.1 Å². The van der Waals surface area contributed by atoms with Gasteiger partial charge in [-0.15, -0.1) is 0 Å². The van der Waals surface area contributed by atoms with E-state index in [1.807, 2.05) is 48.5 Å². The Morgan fingerprint density at radius 2 is 1.96 bits per heavy atom. The van der Waals surface area contributed by atoms with Crippen LogP contribution in [0.15, 0.2) is 58.7 Å². The maximum atomic E-state index is 11.7. The third-order valence-corrected chi connectivity index (χ3v) is 3.68. The normalized spacial score (nSPS) is 11.0. The highest BCUT2D eigenvalue weighted by Crippen LogP contribution is 2.26. The van der Waals surface area contributed by atoms with Crippen LogP contribution in [0.1, 0.15) is 11.1 Å². The average Bonchev–Trinajstić information content (AvgIpc) is 2.59. The van der Waals surface area contributed by atoms with Crippen molar-refractivity contribution in [2.24, 2.45) is 0 Å². The molecule has 120 valence electrons. The van der Waals surface area contributed by atoms with E-state index < -0.39 is 5.97 Å². The predicted molar refractivity (Wildman–Crippen MR) is 94.0 cm³/mol. The van der Waals surface area contributed by atoms with Crippen LogP contribution in [0.4, 0.5) is 0 Å². The van der Waals surface area contributed by atoms with Gasteiger partial charge >= 0.3 is 5.97 Å². The molecule has 0 radical (unpaired) electrons. The van der Waals surface area contributed by atoms with Crippen molar-refractivity contribution in [1.82, 2.24) is 5.32 Å². The standard InChI is InChI=1S/C18H18BrNO3/c1-20-16(18(21)22-2)11-14-10-15(19)8-9-17(14)23-12-13-6-4-3-5-7-13/h3-11,20H,12H2,1-2H3/b16-11-. The summed E-state index contributed by atoms with van der Waals surface area (Å²) in [4.78, 5) is 11.7. The van der Waals surface area contributed by atoms with Gasteiger partial charge in [0.05, 0.1) is 7.11 Å². The van der Waals surface area contributed by atoms with E-state index in [0.29, 0.717) is 18.1 Å². The molecule has 0 aromatic heterocycles. The largest absolute Gasteiger partial charge is 0.488 e. The van der Waals surface area contributed by atoms with Crippen LogP contribution in [-0.4, -0.2) is 20.1 Å². The van der Waals surface area contributed by atoms with E-state index in [0.717, 1.165) is 15.6 Å². The quantitative estimate of drug-likeness (QED) is 0.616. The number of halogens is 1. The molecular formula is C18H18BrNO3. The number of likely N-dealkylation sites (N-methyl/N-ethyl adjacent to an activating group) is 1. The van der Waals surface area contributed by atoms with Crippen LogP contribution in [0.5, 0.6) is 5.75 Å². The summed E-state index contributed by atoms with van der Waals surface area (Å²) in [5.41, 5.74) is 2.22. The van der Waals surface area contributed by atoms with Gasteiger partial charge in [0.2, 0.25) is 0 Å². The molecule has 0 aliphatic rings. The van der Waals surface area contributed by atoms with Crippen LogP contribution < -0.4 is 10.1 Å². The summed E-state index contributed by atoms with van der Waals surface area (Å²) < 4.78 is 11.5. The van der Waals surface area contributed by atoms with Crippen molar-refractivity contribution in [3.63, 3.8) is 0 Å². The third-order valence-electron chi connectivity index (χ3n) is 3.18. The lowest BCUT2D eigenvalue weighted by atomic mass is 10.1. The number of hydrogen-bond acceptors (Lipinski definition) is 4. The minimum atomic E-state index is -0.429. The fraction of sp³-hybridized carbons (Fsp3) is 0.167. The molecule has 0 aliphatic heterocycles. The zero-order valence-corrected chi connectivity index (χ0v) is 14.6. The summed E-state index contributed by atoms with van der Waals surface area (Å²) in [7, 11) is 3.02. The number of ether oxygens (including phenoxy) is 2. The second-order valence-electron chi connectivity index (χ2n) is 4.76. The second-order valence-corrected chi connectivity index (χ2v) is 5.67. The Morgan fingerprint density at radius 3 is 2.61 bits per heavy atom. The van der Waals surface area contributed by atoms with Gasteiger partial charge in [-0.3, -0.25) is 0 Å². The molecule has 0 spiro atoms. The fourth-order valence-corrected chi connectivity index (χ4v) is 2.38. The fourth-order valence-electron chi connectivity index (χ4n) is 2.00. The van der Waals surface area contributed by atoms with Gasteiger partial charge in [0.25, 0.3) is 0 Å². The molecule has 0 bridgehead atoms. The predicted octanol–water partition coefficient (Wildman–Crippen LogP) is 3.76. The van der Waals surface area contributed by atoms with E-state index >= 15 is 0 Å². The van der Waals surface area contributed by atoms with Gasteiger partial charge in [-0.25, -0.2) is 4.79 Å². The van der Waals surface area contributed by atoms with E-state index in [9.17, 15) is 4.79 Å². The Morgan fingerprint density at radius 1 is 1.22 bits per heavy atom. The number of carbonyl (C=O) groups is 1. The molecule has 2 rings (SSSR count). The van der Waals surface area contributed by atoms with Gasteiger partial charge in [0.15, 0.2) is 0 Å². The number of esters is 1. The van der Waals surface area contributed by atoms with E-state index in [4.69, 9.17) is 9.47 Å². The van der Waals surface area contributed by atoms with Crippen molar-refractivity contribution >= 4 is 28.0 Å². The van der Waals surface area contributed by atoms with Gasteiger partial charge in [-0.2, -0.15) is 0 Å². The summed E-state index contributed by atoms with van der Waals surface area (Å²) in [6.45, 7) is 0.455. The number of nitrogens with one attached hydrogen (secondary N) is 1. The van der Waals surface area contributed by atoms with Gasteiger partial charge < -0.3 is 14.8 Å². The first-order valence-electron chi connectivity index (χ1n) is 7.08. The minimum absolute atomic E-state index is 0.357. The zero-order chi connectivity index (χ0) is 16.7. The van der Waals surface area contributed by atoms with Crippen molar-refractivity contribution in [1.29, 1.82) is 0 Å². The molecular weight excluding hydrogens is 358 g/mol. The number of methoxy groups -OCH3 is 1. The molecule has 0 heterocycles. The summed E-state index contributed by atoms with van der Waals surface area (Å²) in [5.74, 6) is 0.259. The molecule has 0 atom stereocenters. The lowest BCUT2D eigenvalue weighted by Crippen LogP contribution is -2.17. The molecule has 4 nitrogen and oxygen atoms in total. The summed E-state index contributed by atoms with van der Waals surface area (Å²) in [6.07, 6.45) is 1.71. The smallest absolute Gasteiger partial charge is 0.354 e. The molecule has 2 aromatic carbocycles. The van der Waals surface area contributed by atoms with Gasteiger partial charge in [-0.1, -0.05) is 46.3 Å². The van der Waals surface area contributed by atoms with Crippen molar-refractivity contribution in [2.45, 2.75) is 6.61 Å². The molecule has 23 heavy (non-hydrogen) atoms. The minimum Gasteiger partial charge on any atom is -0.488 e. The van der Waals surface area contributed by atoms with Crippen LogP contribution in [-0.2, 0) is 16.1 Å². The van der Waals surface area contributed by atoms with E-state index in [2.05, 4.69) is 21.2 Å². The SMILES string of the molecule is CN/C(=C\c1cc(Br)ccc1OCc1ccccc1)C(=O)OC. The lowest BCUT2D eigenvalue weighted by molar-refractivity contribution is -0.136. The van der Waals surface area contributed by atoms with Crippen LogP contribution >= 0.6 is 15.9 Å². The van der Waals surface area contributed by atoms with Gasteiger partial charge in [-0.05, 0) is 29.8 Å². The van der Waals surface area contributed by atoms with E-state index in [1.165, 1.54) is 7.11 Å². The Balaban J connectivity index is 2.26. The molecule has 0 saturated heterocycles. The van der Waals surface area contributed by atoms with Gasteiger partial charge in [0.1, 0.15) is 18.1 Å². The summed E-state index contributed by atoms with van der Waals surface area (Å²) in [6, 6.07) is 15.6. The molecule has 0 unspecified atom stereocenters. The molecule has 0 aliphatic carbocycles. The molecule has 0 saturated carbocycles. The highest BCUT2D eigenvalue weighted by Gasteiger charge is 2.10. The number of rotatable bonds is 6. The lowest BCUT2D eigenvalue weighted by Gasteiger charge is -2.11. The molecule has 1 N–H and O–H groups in total. The van der Waals surface area contributed by atoms with Crippen LogP contribution in [0.25, 0.3) is 6.08 Å². The molecule has 2 aromatic rings. The third kappa shape index (κ3) is 4.86. The van der Waals surface area contributed by atoms with Crippen molar-refractivity contribution < 1.29 is 14.3 Å². The maximum Gasteiger partial charge on any atom is 0.354 e. The number of carbonyl (C=O) groups excluding carboxylic acids is 1. The van der Waals surface area contributed by atoms with Crippen LogP contribution in [0, 0.1) is 0 Å². The van der Waals surface area contributed by atoms with Crippen LogP contribution in [0.3, 0.4) is 0 Å². The van der Waals surface area contributed by atoms with E-state index in [-0.39, 0.29) is 0 Å². The summed E-state index contributed by atoms with van der Waals surface area (Å²) >= 11 is 3.44. The molecule has 0 fully saturated rings. The molecule has 5 heteroatoms. The summed E-state index contributed by atoms with van der Waals surface area (Å²) in [5, 5.41) is 2.84. The van der Waals surface area contributed by atoms with Crippen molar-refractivity contribution in [3.05, 3.63) is 69.8 Å². The Labute approximate surface area is 144 Å². The highest BCUT2D eigenvalue weighted by molar-refractivity contribution is 9.10. The molecule has 0 amide bonds. The monoisotopic (exact) mass is 375 g/mol. The Hall–Kier alpha value is -2.27.